The zero-order valence-electron chi connectivity index (χ0n) is 12.8. The fraction of sp³-hybridized carbons (Fsp3) is 0.500. The fourth-order valence-electron chi connectivity index (χ4n) is 3.46. The lowest BCUT2D eigenvalue weighted by molar-refractivity contribution is -0.134. The Balaban J connectivity index is 2.50. The molecular formula is C16H22N2O2. The Labute approximate surface area is 120 Å². The Bertz CT molecular complexity index is 530. The summed E-state index contributed by atoms with van der Waals surface area (Å²) in [7, 11) is 3.81. The predicted octanol–water partition coefficient (Wildman–Crippen LogP) is 1.62. The van der Waals surface area contributed by atoms with Crippen molar-refractivity contribution in [3.8, 4) is 0 Å². The van der Waals surface area contributed by atoms with Gasteiger partial charge in [-0.25, -0.2) is 10.0 Å². The molecule has 0 saturated carbocycles. The maximum atomic E-state index is 12.0. The number of carbonyl (C=O) groups excluding carboxylic acids is 2. The van der Waals surface area contributed by atoms with Crippen LogP contribution in [0.25, 0.3) is 0 Å². The summed E-state index contributed by atoms with van der Waals surface area (Å²) in [5.41, 5.74) is 4.81. The Morgan fingerprint density at radius 2 is 1.75 bits per heavy atom. The molecule has 1 fully saturated rings. The third-order valence-corrected chi connectivity index (χ3v) is 4.30. The molecule has 0 amide bonds. The van der Waals surface area contributed by atoms with Crippen LogP contribution in [0.2, 0.25) is 0 Å². The van der Waals surface area contributed by atoms with Gasteiger partial charge < -0.3 is 0 Å². The molecule has 0 radical (unpaired) electrons. The van der Waals surface area contributed by atoms with Crippen molar-refractivity contribution in [2.75, 3.05) is 20.6 Å². The van der Waals surface area contributed by atoms with E-state index < -0.39 is 6.04 Å². The number of hydrazine groups is 1. The molecular weight excluding hydrogens is 252 g/mol. The third kappa shape index (κ3) is 2.41. The predicted molar refractivity (Wildman–Crippen MR) is 78.6 cm³/mol. The number of Topliss-reactive ketones (excluding diaryl/α,β-unsaturated/α-hetero) is 1. The Morgan fingerprint density at radius 3 is 2.25 bits per heavy atom. The third-order valence-electron chi connectivity index (χ3n) is 4.30. The van der Waals surface area contributed by atoms with E-state index >= 15 is 0 Å². The van der Waals surface area contributed by atoms with Gasteiger partial charge in [0.2, 0.25) is 5.78 Å². The van der Waals surface area contributed by atoms with Crippen LogP contribution in [-0.2, 0) is 9.59 Å². The molecule has 4 heteroatoms. The van der Waals surface area contributed by atoms with Gasteiger partial charge in [0.1, 0.15) is 0 Å². The Hall–Kier alpha value is -1.52. The molecule has 2 atom stereocenters. The number of benzene rings is 1. The highest BCUT2D eigenvalue weighted by Gasteiger charge is 2.42. The molecule has 0 N–H and O–H groups in total. The molecule has 4 nitrogen and oxygen atoms in total. The molecule has 2 rings (SSSR count). The van der Waals surface area contributed by atoms with E-state index in [4.69, 9.17) is 0 Å². The number of carbonyl (C=O) groups is 2. The van der Waals surface area contributed by atoms with Crippen molar-refractivity contribution in [2.45, 2.75) is 32.7 Å². The first-order valence-corrected chi connectivity index (χ1v) is 6.87. The van der Waals surface area contributed by atoms with Crippen LogP contribution in [0.1, 0.15) is 28.2 Å². The minimum atomic E-state index is -0.391. The largest absolute Gasteiger partial charge is 0.295 e. The fourth-order valence-corrected chi connectivity index (χ4v) is 3.46. The van der Waals surface area contributed by atoms with Gasteiger partial charge in [-0.1, -0.05) is 17.7 Å². The number of aryl methyl sites for hydroxylation is 3. The van der Waals surface area contributed by atoms with Gasteiger partial charge in [-0.2, -0.15) is 0 Å². The first kappa shape index (κ1) is 14.9. The lowest BCUT2D eigenvalue weighted by Gasteiger charge is -2.25. The molecule has 1 heterocycles. The van der Waals surface area contributed by atoms with Crippen LogP contribution in [0.4, 0.5) is 0 Å². The van der Waals surface area contributed by atoms with Crippen molar-refractivity contribution < 1.29 is 9.59 Å². The highest BCUT2D eigenvalue weighted by molar-refractivity contribution is 6.27. The van der Waals surface area contributed by atoms with Crippen LogP contribution >= 0.6 is 0 Å². The topological polar surface area (TPSA) is 40.6 Å². The molecule has 1 aromatic carbocycles. The van der Waals surface area contributed by atoms with Gasteiger partial charge in [-0.3, -0.25) is 9.59 Å². The summed E-state index contributed by atoms with van der Waals surface area (Å²) in [5.74, 6) is -0.301. The van der Waals surface area contributed by atoms with Gasteiger partial charge in [0.15, 0.2) is 6.29 Å². The summed E-state index contributed by atoms with van der Waals surface area (Å²) in [4.78, 5) is 23.0. The highest BCUT2D eigenvalue weighted by Crippen LogP contribution is 2.35. The molecule has 0 aliphatic carbocycles. The van der Waals surface area contributed by atoms with E-state index in [1.165, 1.54) is 22.3 Å². The molecule has 20 heavy (non-hydrogen) atoms. The van der Waals surface area contributed by atoms with E-state index in [1.54, 1.807) is 0 Å². The van der Waals surface area contributed by atoms with Gasteiger partial charge in [0, 0.05) is 26.6 Å². The van der Waals surface area contributed by atoms with Crippen molar-refractivity contribution in [3.63, 3.8) is 0 Å². The van der Waals surface area contributed by atoms with Gasteiger partial charge >= 0.3 is 0 Å². The summed E-state index contributed by atoms with van der Waals surface area (Å²) in [6, 6.07) is 3.89. The van der Waals surface area contributed by atoms with Crippen molar-refractivity contribution >= 4 is 12.1 Å². The number of likely N-dealkylation sites (N-methyl/N-ethyl adjacent to an activating group) is 2. The average Bonchev–Trinajstić information content (AvgIpc) is 2.63. The van der Waals surface area contributed by atoms with Gasteiger partial charge in [-0.05, 0) is 37.5 Å². The number of rotatable bonds is 3. The Morgan fingerprint density at radius 1 is 1.20 bits per heavy atom. The van der Waals surface area contributed by atoms with Crippen molar-refractivity contribution in [1.29, 1.82) is 0 Å². The minimum Gasteiger partial charge on any atom is -0.295 e. The molecule has 1 aliphatic heterocycles. The van der Waals surface area contributed by atoms with E-state index in [2.05, 4.69) is 32.9 Å². The minimum absolute atomic E-state index is 0.0447. The van der Waals surface area contributed by atoms with Crippen LogP contribution in [0, 0.1) is 20.8 Å². The van der Waals surface area contributed by atoms with Crippen LogP contribution in [0.15, 0.2) is 12.1 Å². The van der Waals surface area contributed by atoms with Gasteiger partial charge in [0.25, 0.3) is 0 Å². The lowest BCUT2D eigenvalue weighted by atomic mass is 9.84. The smallest absolute Gasteiger partial charge is 0.214 e. The van der Waals surface area contributed by atoms with Gasteiger partial charge in [0.05, 0.1) is 6.04 Å². The van der Waals surface area contributed by atoms with Crippen LogP contribution < -0.4 is 0 Å². The first-order chi connectivity index (χ1) is 9.36. The van der Waals surface area contributed by atoms with E-state index in [9.17, 15) is 9.59 Å². The zero-order valence-corrected chi connectivity index (χ0v) is 12.8. The summed E-state index contributed by atoms with van der Waals surface area (Å²) in [6.45, 7) is 6.99. The van der Waals surface area contributed by atoms with Crippen LogP contribution in [0.3, 0.4) is 0 Å². The number of hydrogen-bond donors (Lipinski definition) is 0. The molecule has 0 aromatic heterocycles. The van der Waals surface area contributed by atoms with Crippen molar-refractivity contribution in [1.82, 2.24) is 10.0 Å². The monoisotopic (exact) mass is 274 g/mol. The van der Waals surface area contributed by atoms with Crippen molar-refractivity contribution in [2.24, 2.45) is 0 Å². The van der Waals surface area contributed by atoms with Crippen LogP contribution in [0.5, 0.6) is 0 Å². The average molecular weight is 274 g/mol. The van der Waals surface area contributed by atoms with E-state index in [1.807, 2.05) is 24.1 Å². The zero-order chi connectivity index (χ0) is 15.0. The summed E-state index contributed by atoms with van der Waals surface area (Å²) in [6.07, 6.45) is 0.451. The molecule has 1 aromatic rings. The van der Waals surface area contributed by atoms with E-state index in [0.29, 0.717) is 6.29 Å². The van der Waals surface area contributed by atoms with Crippen LogP contribution in [-0.4, -0.2) is 48.8 Å². The van der Waals surface area contributed by atoms with E-state index in [0.717, 1.165) is 6.54 Å². The highest BCUT2D eigenvalue weighted by atomic mass is 16.2. The second-order valence-electron chi connectivity index (χ2n) is 5.80. The molecule has 108 valence electrons. The first-order valence-electron chi connectivity index (χ1n) is 6.87. The molecule has 0 bridgehead atoms. The number of aldehydes is 1. The number of ketones is 1. The molecule has 0 spiro atoms. The quantitative estimate of drug-likeness (QED) is 0.620. The second-order valence-corrected chi connectivity index (χ2v) is 5.80. The maximum Gasteiger partial charge on any atom is 0.214 e. The Kier molecular flexibility index (Phi) is 4.06. The maximum absolute atomic E-state index is 12.0. The number of hydrogen-bond acceptors (Lipinski definition) is 4. The summed E-state index contributed by atoms with van der Waals surface area (Å²) < 4.78 is 0. The lowest BCUT2D eigenvalue weighted by Crippen LogP contribution is -2.41. The van der Waals surface area contributed by atoms with Crippen molar-refractivity contribution in [3.05, 3.63) is 34.4 Å². The van der Waals surface area contributed by atoms with E-state index in [-0.39, 0.29) is 11.7 Å². The number of nitrogens with zero attached hydrogens (tertiary/aromatic N) is 2. The molecule has 2 unspecified atom stereocenters. The normalized spacial score (nSPS) is 24.1. The summed E-state index contributed by atoms with van der Waals surface area (Å²) in [5, 5.41) is 3.88. The molecule has 1 saturated heterocycles. The summed E-state index contributed by atoms with van der Waals surface area (Å²) >= 11 is 0. The standard InChI is InChI=1S/C16H22N2O2/c1-10-6-11(2)15(12(3)7-10)13-8-17(4)18(5)16(13)14(20)9-19/h6-7,9,13,16H,8H2,1-5H3. The van der Waals surface area contributed by atoms with Gasteiger partial charge in [-0.15, -0.1) is 0 Å². The SMILES string of the molecule is Cc1cc(C)c(C2CN(C)N(C)C2C(=O)C=O)c(C)c1. The molecule has 1 aliphatic rings. The second kappa shape index (κ2) is 5.46.